The molecule has 0 aliphatic heterocycles. The Bertz CT molecular complexity index is 291. The third-order valence-corrected chi connectivity index (χ3v) is 2.83. The Morgan fingerprint density at radius 1 is 1.06 bits per heavy atom. The molecule has 0 fully saturated rings. The van der Waals surface area contributed by atoms with Gasteiger partial charge in [0.25, 0.3) is 0 Å². The molecule has 0 amide bonds. The number of aliphatic hydroxyl groups is 1. The minimum absolute atomic E-state index is 0. The lowest BCUT2D eigenvalue weighted by Crippen LogP contribution is -3.00. The maximum atomic E-state index is 8.64. The highest BCUT2D eigenvalue weighted by Gasteiger charge is 1.99. The van der Waals surface area contributed by atoms with Crippen molar-refractivity contribution in [3.63, 3.8) is 0 Å². The Balaban J connectivity index is 0.00000256. The Morgan fingerprint density at radius 2 is 1.71 bits per heavy atom. The molecule has 0 aliphatic carbocycles. The number of rotatable bonds is 8. The van der Waals surface area contributed by atoms with Crippen LogP contribution in [0.3, 0.4) is 0 Å². The average molecular weight is 258 g/mol. The molecule has 0 bridgehead atoms. The molecular formula is C14H24ClNO. The zero-order chi connectivity index (χ0) is 11.6. The maximum absolute atomic E-state index is 8.64. The molecule has 0 atom stereocenters. The van der Waals surface area contributed by atoms with Gasteiger partial charge in [0, 0.05) is 24.7 Å². The van der Waals surface area contributed by atoms with Crippen molar-refractivity contribution in [1.29, 1.82) is 0 Å². The highest BCUT2D eigenvalue weighted by Crippen LogP contribution is 2.04. The van der Waals surface area contributed by atoms with Crippen LogP contribution in [0, 0.1) is 6.92 Å². The number of unbranched alkanes of at least 4 members (excludes halogenated alkanes) is 5. The van der Waals surface area contributed by atoms with Crippen molar-refractivity contribution in [2.75, 3.05) is 6.61 Å². The third kappa shape index (κ3) is 8.17. The summed E-state index contributed by atoms with van der Waals surface area (Å²) in [6.07, 6.45) is 11.6. The van der Waals surface area contributed by atoms with Crippen LogP contribution >= 0.6 is 0 Å². The molecule has 17 heavy (non-hydrogen) atoms. The fourth-order valence-corrected chi connectivity index (χ4v) is 1.91. The fourth-order valence-electron chi connectivity index (χ4n) is 1.91. The number of hydrogen-bond donors (Lipinski definition) is 1. The molecule has 0 saturated carbocycles. The van der Waals surface area contributed by atoms with Gasteiger partial charge in [0.05, 0.1) is 0 Å². The van der Waals surface area contributed by atoms with Crippen molar-refractivity contribution in [3.8, 4) is 0 Å². The molecule has 3 heteroatoms. The van der Waals surface area contributed by atoms with Crippen LogP contribution in [-0.4, -0.2) is 11.7 Å². The van der Waals surface area contributed by atoms with Crippen molar-refractivity contribution >= 4 is 0 Å². The lowest BCUT2D eigenvalue weighted by molar-refractivity contribution is -0.697. The van der Waals surface area contributed by atoms with Gasteiger partial charge in [-0.1, -0.05) is 19.3 Å². The fraction of sp³-hybridized carbons (Fsp3) is 0.643. The first-order valence-corrected chi connectivity index (χ1v) is 6.39. The second-order valence-electron chi connectivity index (χ2n) is 4.46. The average Bonchev–Trinajstić information content (AvgIpc) is 2.28. The highest BCUT2D eigenvalue weighted by molar-refractivity contribution is 5.01. The van der Waals surface area contributed by atoms with E-state index in [1.165, 1.54) is 37.7 Å². The lowest BCUT2D eigenvalue weighted by atomic mass is 10.1. The molecule has 0 unspecified atom stereocenters. The molecule has 0 radical (unpaired) electrons. The van der Waals surface area contributed by atoms with Gasteiger partial charge >= 0.3 is 0 Å². The summed E-state index contributed by atoms with van der Waals surface area (Å²) in [5.74, 6) is 0. The summed E-state index contributed by atoms with van der Waals surface area (Å²) in [6, 6.07) is 4.24. The third-order valence-electron chi connectivity index (χ3n) is 2.83. The summed E-state index contributed by atoms with van der Waals surface area (Å²) < 4.78 is 2.27. The van der Waals surface area contributed by atoms with E-state index in [0.29, 0.717) is 6.61 Å². The van der Waals surface area contributed by atoms with Crippen LogP contribution in [0.5, 0.6) is 0 Å². The van der Waals surface area contributed by atoms with Crippen molar-refractivity contribution in [2.24, 2.45) is 0 Å². The first kappa shape index (κ1) is 16.4. The monoisotopic (exact) mass is 257 g/mol. The topological polar surface area (TPSA) is 24.1 Å². The van der Waals surface area contributed by atoms with Crippen molar-refractivity contribution in [1.82, 2.24) is 0 Å². The van der Waals surface area contributed by atoms with Crippen molar-refractivity contribution < 1.29 is 22.1 Å². The van der Waals surface area contributed by atoms with E-state index in [9.17, 15) is 0 Å². The summed E-state index contributed by atoms with van der Waals surface area (Å²) in [5.41, 5.74) is 1.32. The summed E-state index contributed by atoms with van der Waals surface area (Å²) in [6.45, 7) is 3.60. The Morgan fingerprint density at radius 3 is 2.35 bits per heavy atom. The highest BCUT2D eigenvalue weighted by atomic mass is 35.5. The molecule has 0 aliphatic rings. The summed E-state index contributed by atoms with van der Waals surface area (Å²) in [5, 5.41) is 8.64. The molecule has 0 saturated heterocycles. The van der Waals surface area contributed by atoms with E-state index in [1.54, 1.807) is 0 Å². The summed E-state index contributed by atoms with van der Waals surface area (Å²) in [7, 11) is 0. The molecule has 0 aromatic carbocycles. The number of nitrogens with zero attached hydrogens (tertiary/aromatic N) is 1. The Kier molecular flexibility index (Phi) is 10.2. The predicted molar refractivity (Wildman–Crippen MR) is 66.2 cm³/mol. The van der Waals surface area contributed by atoms with Crippen LogP contribution in [0.15, 0.2) is 24.5 Å². The summed E-state index contributed by atoms with van der Waals surface area (Å²) in [4.78, 5) is 0. The van der Waals surface area contributed by atoms with E-state index in [1.807, 2.05) is 0 Å². The quantitative estimate of drug-likeness (QED) is 0.498. The first-order valence-electron chi connectivity index (χ1n) is 6.39. The lowest BCUT2D eigenvalue weighted by Gasteiger charge is -1.99. The molecule has 0 spiro atoms. The number of hydrogen-bond acceptors (Lipinski definition) is 1. The molecule has 1 heterocycles. The van der Waals surface area contributed by atoms with Crippen molar-refractivity contribution in [3.05, 3.63) is 30.1 Å². The number of aliphatic hydroxyl groups excluding tert-OH is 1. The van der Waals surface area contributed by atoms with Gasteiger partial charge in [-0.15, -0.1) is 0 Å². The van der Waals surface area contributed by atoms with Gasteiger partial charge in [-0.05, 0) is 25.8 Å². The van der Waals surface area contributed by atoms with E-state index >= 15 is 0 Å². The molecule has 1 aromatic rings. The number of halogens is 1. The summed E-state index contributed by atoms with van der Waals surface area (Å²) >= 11 is 0. The van der Waals surface area contributed by atoms with Gasteiger partial charge in [-0.3, -0.25) is 0 Å². The van der Waals surface area contributed by atoms with Gasteiger partial charge in [0.15, 0.2) is 12.4 Å². The van der Waals surface area contributed by atoms with Gasteiger partial charge in [-0.2, -0.15) is 0 Å². The maximum Gasteiger partial charge on any atom is 0.171 e. The standard InChI is InChI=1S/C14H24NO.ClH/c1-14-9-8-11-15(13-14)10-6-4-2-3-5-7-12-16;/h8-9,11,13,16H,2-7,10,12H2,1H3;1H/q+1;/p-1. The van der Waals surface area contributed by atoms with Gasteiger partial charge in [0.1, 0.15) is 6.54 Å². The second-order valence-corrected chi connectivity index (χ2v) is 4.46. The molecule has 1 aromatic heterocycles. The molecule has 1 rings (SSSR count). The van der Waals surface area contributed by atoms with Gasteiger partial charge < -0.3 is 17.5 Å². The SMILES string of the molecule is Cc1ccc[n+](CCCCCCCCO)c1.[Cl-]. The molecule has 1 N–H and O–H groups in total. The number of pyridine rings is 1. The van der Waals surface area contributed by atoms with Crippen LogP contribution < -0.4 is 17.0 Å². The van der Waals surface area contributed by atoms with E-state index in [4.69, 9.17) is 5.11 Å². The predicted octanol–water partition coefficient (Wildman–Crippen LogP) is -0.381. The van der Waals surface area contributed by atoms with E-state index in [2.05, 4.69) is 36.0 Å². The van der Waals surface area contributed by atoms with Crippen LogP contribution in [-0.2, 0) is 6.54 Å². The minimum Gasteiger partial charge on any atom is -1.00 e. The van der Waals surface area contributed by atoms with E-state index in [-0.39, 0.29) is 12.4 Å². The van der Waals surface area contributed by atoms with Crippen LogP contribution in [0.25, 0.3) is 0 Å². The molecule has 2 nitrogen and oxygen atoms in total. The number of aromatic nitrogens is 1. The molecular weight excluding hydrogens is 234 g/mol. The van der Waals surface area contributed by atoms with E-state index < -0.39 is 0 Å². The molecule has 98 valence electrons. The van der Waals surface area contributed by atoms with Gasteiger partial charge in [-0.25, -0.2) is 4.57 Å². The van der Waals surface area contributed by atoms with Crippen molar-refractivity contribution in [2.45, 2.75) is 52.0 Å². The van der Waals surface area contributed by atoms with Crippen LogP contribution in [0.4, 0.5) is 0 Å². The Labute approximate surface area is 111 Å². The second kappa shape index (κ2) is 10.5. The Hall–Kier alpha value is -0.600. The zero-order valence-electron chi connectivity index (χ0n) is 10.7. The largest absolute Gasteiger partial charge is 1.00 e. The minimum atomic E-state index is 0. The van der Waals surface area contributed by atoms with Gasteiger partial charge in [0.2, 0.25) is 0 Å². The van der Waals surface area contributed by atoms with E-state index in [0.717, 1.165) is 13.0 Å². The smallest absolute Gasteiger partial charge is 0.171 e. The zero-order valence-corrected chi connectivity index (χ0v) is 11.5. The van der Waals surface area contributed by atoms with Crippen LogP contribution in [0.1, 0.15) is 44.1 Å². The van der Waals surface area contributed by atoms with Crippen LogP contribution in [0.2, 0.25) is 0 Å². The first-order chi connectivity index (χ1) is 7.83. The number of aryl methyl sites for hydroxylation is 2. The normalized spacial score (nSPS) is 10.0.